The fraction of sp³-hybridized carbons (Fsp3) is 0.212. The molecule has 2 aromatic heterocycles. The van der Waals surface area contributed by atoms with Crippen LogP contribution in [0.1, 0.15) is 45.8 Å². The van der Waals surface area contributed by atoms with E-state index in [-0.39, 0.29) is 18.6 Å². The minimum Gasteiger partial charge on any atom is -0.497 e. The van der Waals surface area contributed by atoms with E-state index >= 15 is 0 Å². The molecule has 0 radical (unpaired) electrons. The van der Waals surface area contributed by atoms with Crippen molar-refractivity contribution in [2.45, 2.75) is 50.0 Å². The first-order chi connectivity index (χ1) is 30.6. The molecule has 0 bridgehead atoms. The summed E-state index contributed by atoms with van der Waals surface area (Å²) < 4.78 is 27.0. The van der Waals surface area contributed by atoms with Crippen LogP contribution in [-0.4, -0.2) is 50.6 Å². The number of ether oxygens (including phenoxy) is 4. The highest BCUT2D eigenvalue weighted by Crippen LogP contribution is 2.43. The Balaban J connectivity index is 1.13. The molecule has 9 rings (SSSR count). The van der Waals surface area contributed by atoms with Crippen LogP contribution in [0.2, 0.25) is 0 Å². The smallest absolute Gasteiger partial charge is 0.247 e. The molecule has 8 aromatic rings. The lowest BCUT2D eigenvalue weighted by Gasteiger charge is -2.37. The quantitative estimate of drug-likeness (QED) is 0.0868. The van der Waals surface area contributed by atoms with Crippen LogP contribution in [0.5, 0.6) is 11.6 Å². The highest BCUT2D eigenvalue weighted by molar-refractivity contribution is 5.78. The summed E-state index contributed by atoms with van der Waals surface area (Å²) in [6, 6.07) is 58.3. The Hall–Kier alpha value is -6.85. The molecule has 0 amide bonds. The fourth-order valence-electron chi connectivity index (χ4n) is 8.52. The molecule has 62 heavy (non-hydrogen) atoms. The van der Waals surface area contributed by atoms with Crippen LogP contribution in [-0.2, 0) is 34.8 Å². The summed E-state index contributed by atoms with van der Waals surface area (Å²) in [7, 11) is 1.66. The third-order valence-corrected chi connectivity index (χ3v) is 11.7. The number of rotatable bonds is 17. The van der Waals surface area contributed by atoms with Crippen molar-refractivity contribution in [2.24, 2.45) is 5.92 Å². The number of hydrogen-bond donors (Lipinski definition) is 2. The fourth-order valence-corrected chi connectivity index (χ4v) is 8.52. The van der Waals surface area contributed by atoms with Gasteiger partial charge in [-0.05, 0) is 51.9 Å². The minimum atomic E-state index is -0.964. The summed E-state index contributed by atoms with van der Waals surface area (Å²) in [6.07, 6.45) is 1.10. The predicted octanol–water partition coefficient (Wildman–Crippen LogP) is 9.54. The molecule has 312 valence electrons. The van der Waals surface area contributed by atoms with Crippen LogP contribution < -0.4 is 14.8 Å². The molecule has 0 unspecified atom stereocenters. The zero-order chi connectivity index (χ0) is 42.1. The van der Waals surface area contributed by atoms with Crippen molar-refractivity contribution in [3.63, 3.8) is 0 Å². The van der Waals surface area contributed by atoms with Gasteiger partial charge in [0.15, 0.2) is 11.2 Å². The number of aromatic nitrogens is 4. The number of benzene rings is 6. The molecule has 4 atom stereocenters. The van der Waals surface area contributed by atoms with Gasteiger partial charge in [0.2, 0.25) is 11.8 Å². The number of aliphatic hydroxyl groups excluding tert-OH is 1. The first-order valence-corrected chi connectivity index (χ1v) is 21.0. The predicted molar refractivity (Wildman–Crippen MR) is 240 cm³/mol. The van der Waals surface area contributed by atoms with Crippen molar-refractivity contribution in [3.05, 3.63) is 216 Å². The van der Waals surface area contributed by atoms with E-state index in [1.165, 1.54) is 0 Å². The molecular formula is C52H49N5O5. The summed E-state index contributed by atoms with van der Waals surface area (Å²) in [6.45, 7) is 1.41. The van der Waals surface area contributed by atoms with Gasteiger partial charge in [-0.25, -0.2) is 4.98 Å². The van der Waals surface area contributed by atoms with Crippen molar-refractivity contribution in [1.29, 1.82) is 0 Å². The standard InChI is InChI=1S/C52H49N5O5/c1-59-43-29-27-42(28-30-43)52(40-23-13-5-14-24-40,41-25-15-6-16-26-41)56-51-54-49-47(50(55-51)62-34-39-21-11-4-12-22-39)53-36-57(49)45-31-46(61-33-38-19-9-3-10-20-38)44(48(45)58)35-60-32-37-17-7-2-8-18-37/h2-30,36,44-46,48,58H,31-35H2,1H3,(H,54,55,56)/t44-,45-,46+,48-/m0/s1. The van der Waals surface area contributed by atoms with Crippen molar-refractivity contribution in [2.75, 3.05) is 19.0 Å². The molecule has 1 aliphatic carbocycles. The van der Waals surface area contributed by atoms with E-state index in [4.69, 9.17) is 33.9 Å². The van der Waals surface area contributed by atoms with Gasteiger partial charge in [-0.1, -0.05) is 164 Å². The maximum atomic E-state index is 12.3. The number of aliphatic hydroxyl groups is 1. The first-order valence-electron chi connectivity index (χ1n) is 21.0. The minimum absolute atomic E-state index is 0.266. The van der Waals surface area contributed by atoms with Gasteiger partial charge >= 0.3 is 0 Å². The van der Waals surface area contributed by atoms with Gasteiger partial charge in [0.25, 0.3) is 0 Å². The van der Waals surface area contributed by atoms with Crippen LogP contribution in [0.4, 0.5) is 5.95 Å². The Labute approximate surface area is 361 Å². The monoisotopic (exact) mass is 823 g/mol. The molecule has 2 heterocycles. The lowest BCUT2D eigenvalue weighted by Crippen LogP contribution is -2.38. The highest BCUT2D eigenvalue weighted by Gasteiger charge is 2.45. The molecule has 10 heteroatoms. The highest BCUT2D eigenvalue weighted by atomic mass is 16.5. The van der Waals surface area contributed by atoms with Crippen LogP contribution in [0.25, 0.3) is 11.2 Å². The normalized spacial score (nSPS) is 17.5. The topological polar surface area (TPSA) is 113 Å². The number of fused-ring (bicyclic) bond motifs is 1. The Kier molecular flexibility index (Phi) is 12.3. The van der Waals surface area contributed by atoms with E-state index in [1.54, 1.807) is 13.4 Å². The maximum Gasteiger partial charge on any atom is 0.247 e. The third kappa shape index (κ3) is 8.67. The van der Waals surface area contributed by atoms with Crippen molar-refractivity contribution in [3.8, 4) is 11.6 Å². The van der Waals surface area contributed by atoms with E-state index in [9.17, 15) is 5.11 Å². The van der Waals surface area contributed by atoms with Crippen LogP contribution in [0, 0.1) is 5.92 Å². The molecule has 2 N–H and O–H groups in total. The second-order valence-corrected chi connectivity index (χ2v) is 15.6. The summed E-state index contributed by atoms with van der Waals surface area (Å²) in [5.74, 6) is 1.05. The van der Waals surface area contributed by atoms with Crippen LogP contribution in [0.15, 0.2) is 182 Å². The first kappa shape index (κ1) is 40.6. The summed E-state index contributed by atoms with van der Waals surface area (Å²) in [4.78, 5) is 15.2. The van der Waals surface area contributed by atoms with Gasteiger partial charge in [-0.3, -0.25) is 0 Å². The number of imidazole rings is 1. The lowest BCUT2D eigenvalue weighted by atomic mass is 9.77. The number of nitrogens with one attached hydrogen (secondary N) is 1. The molecule has 1 aliphatic rings. The van der Waals surface area contributed by atoms with E-state index in [0.29, 0.717) is 49.2 Å². The van der Waals surface area contributed by atoms with E-state index < -0.39 is 17.7 Å². The van der Waals surface area contributed by atoms with Crippen LogP contribution in [0.3, 0.4) is 0 Å². The molecule has 0 spiro atoms. The molecule has 0 aliphatic heterocycles. The summed E-state index contributed by atoms with van der Waals surface area (Å²) >= 11 is 0. The average Bonchev–Trinajstić information content (AvgIpc) is 3.90. The van der Waals surface area contributed by atoms with Gasteiger partial charge in [0.1, 0.15) is 17.9 Å². The second kappa shape index (κ2) is 18.8. The summed E-state index contributed by atoms with van der Waals surface area (Å²) in [5, 5.41) is 16.1. The number of hydrogen-bond acceptors (Lipinski definition) is 9. The lowest BCUT2D eigenvalue weighted by molar-refractivity contribution is -0.0475. The maximum absolute atomic E-state index is 12.3. The van der Waals surface area contributed by atoms with E-state index in [2.05, 4.69) is 41.7 Å². The van der Waals surface area contributed by atoms with Crippen molar-refractivity contribution < 1.29 is 24.1 Å². The molecule has 1 fully saturated rings. The zero-order valence-electron chi connectivity index (χ0n) is 34.5. The number of nitrogens with zero attached hydrogens (tertiary/aromatic N) is 4. The average molecular weight is 824 g/mol. The molecule has 10 nitrogen and oxygen atoms in total. The second-order valence-electron chi connectivity index (χ2n) is 15.6. The Bertz CT molecular complexity index is 2590. The van der Waals surface area contributed by atoms with Gasteiger partial charge in [0.05, 0.1) is 51.5 Å². The van der Waals surface area contributed by atoms with Gasteiger partial charge in [0, 0.05) is 5.92 Å². The van der Waals surface area contributed by atoms with E-state index in [1.807, 2.05) is 144 Å². The summed E-state index contributed by atoms with van der Waals surface area (Å²) in [5.41, 5.74) is 6.05. The van der Waals surface area contributed by atoms with Crippen molar-refractivity contribution in [1.82, 2.24) is 19.5 Å². The Morgan fingerprint density at radius 2 is 1.18 bits per heavy atom. The van der Waals surface area contributed by atoms with Gasteiger partial charge < -0.3 is 33.9 Å². The SMILES string of the molecule is COc1ccc(C(Nc2nc(OCc3ccccc3)c3ncn([C@H]4C[C@@H](OCc5ccccc5)[C@H](COCc5ccccc5)[C@@H]4O)c3n2)(c2ccccc2)c2ccccc2)cc1. The Morgan fingerprint density at radius 3 is 1.76 bits per heavy atom. The zero-order valence-corrected chi connectivity index (χ0v) is 34.5. The van der Waals surface area contributed by atoms with E-state index in [0.717, 1.165) is 39.1 Å². The Morgan fingerprint density at radius 1 is 0.645 bits per heavy atom. The molecule has 6 aromatic carbocycles. The number of methoxy groups -OCH3 is 1. The van der Waals surface area contributed by atoms with Gasteiger partial charge in [-0.15, -0.1) is 0 Å². The molecule has 0 saturated heterocycles. The number of anilines is 1. The van der Waals surface area contributed by atoms with Crippen LogP contribution >= 0.6 is 0 Å². The molecule has 1 saturated carbocycles. The van der Waals surface area contributed by atoms with Crippen molar-refractivity contribution >= 4 is 17.1 Å². The third-order valence-electron chi connectivity index (χ3n) is 11.7. The molecular weight excluding hydrogens is 775 g/mol. The largest absolute Gasteiger partial charge is 0.497 e. The van der Waals surface area contributed by atoms with Gasteiger partial charge in [-0.2, -0.15) is 9.97 Å².